The van der Waals surface area contributed by atoms with Gasteiger partial charge in [-0.2, -0.15) is 5.10 Å². The summed E-state index contributed by atoms with van der Waals surface area (Å²) in [7, 11) is 0. The van der Waals surface area contributed by atoms with Gasteiger partial charge in [0.2, 0.25) is 0 Å². The molecule has 1 amide bonds. The summed E-state index contributed by atoms with van der Waals surface area (Å²) in [6.45, 7) is 1.26. The fourth-order valence-corrected chi connectivity index (χ4v) is 4.52. The van der Waals surface area contributed by atoms with E-state index in [-0.39, 0.29) is 11.9 Å². The van der Waals surface area contributed by atoms with Crippen molar-refractivity contribution in [3.63, 3.8) is 0 Å². The zero-order valence-electron chi connectivity index (χ0n) is 17.5. The topological polar surface area (TPSA) is 108 Å². The second-order valence-electron chi connectivity index (χ2n) is 8.22. The van der Waals surface area contributed by atoms with Crippen molar-refractivity contribution in [3.8, 4) is 0 Å². The van der Waals surface area contributed by atoms with E-state index in [9.17, 15) is 13.6 Å². The molecule has 0 saturated carbocycles. The summed E-state index contributed by atoms with van der Waals surface area (Å²) >= 11 is 0. The monoisotopic (exact) mass is 454 g/mol. The van der Waals surface area contributed by atoms with Crippen LogP contribution in [0.3, 0.4) is 0 Å². The van der Waals surface area contributed by atoms with Crippen molar-refractivity contribution >= 4 is 17.4 Å². The van der Waals surface area contributed by atoms with E-state index >= 15 is 0 Å². The van der Waals surface area contributed by atoms with E-state index < -0.39 is 23.9 Å². The Morgan fingerprint density at radius 3 is 2.88 bits per heavy atom. The number of aromatic amines is 1. The van der Waals surface area contributed by atoms with Gasteiger partial charge in [-0.25, -0.2) is 18.3 Å². The van der Waals surface area contributed by atoms with E-state index in [1.807, 2.05) is 0 Å². The molecule has 33 heavy (non-hydrogen) atoms. The number of halogens is 2. The molecule has 1 unspecified atom stereocenters. The predicted molar refractivity (Wildman–Crippen MR) is 111 cm³/mol. The van der Waals surface area contributed by atoms with Crippen LogP contribution in [0.4, 0.5) is 14.8 Å². The van der Waals surface area contributed by atoms with Crippen LogP contribution in [0.25, 0.3) is 5.52 Å². The molecule has 1 fully saturated rings. The highest BCUT2D eigenvalue weighted by Gasteiger charge is 2.38. The Hall–Kier alpha value is -3.83. The van der Waals surface area contributed by atoms with Crippen LogP contribution in [0.1, 0.15) is 46.7 Å². The third-order valence-electron chi connectivity index (χ3n) is 6.23. The maximum absolute atomic E-state index is 14.3. The maximum Gasteiger partial charge on any atom is 0.318 e. The first kappa shape index (κ1) is 19.8. The molecule has 4 aromatic heterocycles. The zero-order valence-corrected chi connectivity index (χ0v) is 17.5. The van der Waals surface area contributed by atoms with E-state index in [4.69, 9.17) is 4.42 Å². The summed E-state index contributed by atoms with van der Waals surface area (Å²) in [5, 5.41) is 12.5. The van der Waals surface area contributed by atoms with Gasteiger partial charge >= 0.3 is 17.8 Å². The number of alkyl halides is 1. The summed E-state index contributed by atoms with van der Waals surface area (Å²) in [5.41, 5.74) is 2.32. The molecule has 0 bridgehead atoms. The summed E-state index contributed by atoms with van der Waals surface area (Å²) in [6.07, 6.45) is 3.70. The summed E-state index contributed by atoms with van der Waals surface area (Å²) < 4.78 is 34.9. The van der Waals surface area contributed by atoms with Gasteiger partial charge in [0.1, 0.15) is 23.5 Å². The number of aromatic nitrogens is 6. The standard InChI is InChI=1S/C21H20F2N8O2/c22-12-3-7-29(8-4-12)21-27-26-19(33-21)20(32)30-9-5-14-17(25-11-24-14)18(30)15-10-16-13(23)2-1-6-31(16)28-15/h1-2,6,10-12,18H,3-5,7-9H2,(H,24,25). The molecule has 10 nitrogen and oxygen atoms in total. The van der Waals surface area contributed by atoms with E-state index in [1.54, 1.807) is 34.5 Å². The number of H-pyrrole nitrogens is 1. The number of carbonyl (C=O) groups excluding carboxylic acids is 1. The van der Waals surface area contributed by atoms with Gasteiger partial charge < -0.3 is 19.2 Å². The average molecular weight is 454 g/mol. The molecule has 1 saturated heterocycles. The Kier molecular flexibility index (Phi) is 4.59. The minimum absolute atomic E-state index is 0.161. The number of carbonyl (C=O) groups is 1. The van der Waals surface area contributed by atoms with E-state index in [1.165, 1.54) is 10.6 Å². The Morgan fingerprint density at radius 1 is 1.21 bits per heavy atom. The zero-order chi connectivity index (χ0) is 22.5. The van der Waals surface area contributed by atoms with E-state index in [0.717, 1.165) is 5.69 Å². The van der Waals surface area contributed by atoms with Gasteiger partial charge in [-0.15, -0.1) is 5.10 Å². The molecule has 0 aliphatic carbocycles. The number of amides is 1. The Bertz CT molecular complexity index is 1320. The van der Waals surface area contributed by atoms with Gasteiger partial charge in [-0.1, -0.05) is 5.10 Å². The van der Waals surface area contributed by atoms with Crippen LogP contribution in [-0.2, 0) is 6.42 Å². The quantitative estimate of drug-likeness (QED) is 0.506. The third kappa shape index (κ3) is 3.33. The first-order valence-electron chi connectivity index (χ1n) is 10.8. The lowest BCUT2D eigenvalue weighted by atomic mass is 9.99. The number of imidazole rings is 1. The highest BCUT2D eigenvalue weighted by atomic mass is 19.1. The van der Waals surface area contributed by atoms with Crippen molar-refractivity contribution in [3.05, 3.63) is 59.5 Å². The number of rotatable bonds is 3. The van der Waals surface area contributed by atoms with Crippen LogP contribution < -0.4 is 4.90 Å². The number of nitrogens with zero attached hydrogens (tertiary/aromatic N) is 7. The molecule has 0 spiro atoms. The SMILES string of the molecule is O=C(c1nnc(N2CCC(F)CC2)o1)N1CCc2[nH]cnc2C1c1cc2c(F)cccn2n1. The number of nitrogens with one attached hydrogen (secondary N) is 1. The third-order valence-corrected chi connectivity index (χ3v) is 6.23. The first-order valence-corrected chi connectivity index (χ1v) is 10.8. The van der Waals surface area contributed by atoms with Crippen molar-refractivity contribution in [2.24, 2.45) is 0 Å². The normalized spacial score (nSPS) is 19.3. The molecule has 2 aliphatic heterocycles. The van der Waals surface area contributed by atoms with Gasteiger partial charge in [-0.05, 0) is 31.0 Å². The van der Waals surface area contributed by atoms with Gasteiger partial charge in [0.25, 0.3) is 0 Å². The molecule has 12 heteroatoms. The van der Waals surface area contributed by atoms with Crippen LogP contribution in [0, 0.1) is 5.82 Å². The van der Waals surface area contributed by atoms with Gasteiger partial charge in [-0.3, -0.25) is 4.79 Å². The molecule has 1 atom stereocenters. The highest BCUT2D eigenvalue weighted by molar-refractivity contribution is 5.90. The molecule has 6 rings (SSSR count). The predicted octanol–water partition coefficient (Wildman–Crippen LogP) is 2.31. The van der Waals surface area contributed by atoms with Gasteiger partial charge in [0, 0.05) is 37.9 Å². The van der Waals surface area contributed by atoms with Crippen molar-refractivity contribution in [2.45, 2.75) is 31.5 Å². The molecular formula is C21H20F2N8O2. The molecule has 0 radical (unpaired) electrons. The number of anilines is 1. The second-order valence-corrected chi connectivity index (χ2v) is 8.22. The van der Waals surface area contributed by atoms with Crippen LogP contribution in [0.5, 0.6) is 0 Å². The van der Waals surface area contributed by atoms with Crippen molar-refractivity contribution in [1.82, 2.24) is 34.7 Å². The van der Waals surface area contributed by atoms with Crippen molar-refractivity contribution in [2.75, 3.05) is 24.5 Å². The lowest BCUT2D eigenvalue weighted by molar-refractivity contribution is 0.0646. The average Bonchev–Trinajstić information content (AvgIpc) is 3.57. The second kappa shape index (κ2) is 7.64. The van der Waals surface area contributed by atoms with Crippen LogP contribution in [-0.4, -0.2) is 66.4 Å². The maximum atomic E-state index is 14.3. The largest absolute Gasteiger partial charge is 0.399 e. The van der Waals surface area contributed by atoms with Gasteiger partial charge in [0.15, 0.2) is 0 Å². The molecule has 170 valence electrons. The number of pyridine rings is 1. The van der Waals surface area contributed by atoms with Crippen LogP contribution in [0.2, 0.25) is 0 Å². The van der Waals surface area contributed by atoms with Crippen molar-refractivity contribution in [1.29, 1.82) is 0 Å². The Balaban J connectivity index is 1.35. The highest BCUT2D eigenvalue weighted by Crippen LogP contribution is 2.34. The number of hydrogen-bond acceptors (Lipinski definition) is 7. The number of hydrogen-bond donors (Lipinski definition) is 1. The fourth-order valence-electron chi connectivity index (χ4n) is 4.52. The van der Waals surface area contributed by atoms with E-state index in [2.05, 4.69) is 25.3 Å². The van der Waals surface area contributed by atoms with Crippen LogP contribution >= 0.6 is 0 Å². The number of piperidine rings is 1. The van der Waals surface area contributed by atoms with Gasteiger partial charge in [0.05, 0.1) is 17.7 Å². The van der Waals surface area contributed by atoms with Crippen LogP contribution in [0.15, 0.2) is 35.1 Å². The molecule has 1 N–H and O–H groups in total. The lowest BCUT2D eigenvalue weighted by Crippen LogP contribution is -2.41. The summed E-state index contributed by atoms with van der Waals surface area (Å²) in [6, 6.07) is 4.09. The molecule has 2 aliphatic rings. The van der Waals surface area contributed by atoms with Crippen molar-refractivity contribution < 1.29 is 18.0 Å². The minimum atomic E-state index is -0.835. The molecule has 4 aromatic rings. The molecule has 0 aromatic carbocycles. The Morgan fingerprint density at radius 2 is 2.06 bits per heavy atom. The van der Waals surface area contributed by atoms with E-state index in [0.29, 0.717) is 55.8 Å². The summed E-state index contributed by atoms with van der Waals surface area (Å²) in [5.74, 6) is -1.04. The smallest absolute Gasteiger partial charge is 0.318 e. The first-order chi connectivity index (χ1) is 16.1. The summed E-state index contributed by atoms with van der Waals surface area (Å²) in [4.78, 5) is 24.3. The molecule has 6 heterocycles. The Labute approximate surface area is 186 Å². The molecular weight excluding hydrogens is 434 g/mol. The lowest BCUT2D eigenvalue weighted by Gasteiger charge is -2.32. The number of fused-ring (bicyclic) bond motifs is 2. The fraction of sp³-hybridized carbons (Fsp3) is 0.381. The minimum Gasteiger partial charge on any atom is -0.399 e.